The van der Waals surface area contributed by atoms with Crippen LogP contribution in [-0.4, -0.2) is 43.0 Å². The minimum atomic E-state index is 0.336. The number of hydrogen-bond acceptors (Lipinski definition) is 6. The van der Waals surface area contributed by atoms with Crippen LogP contribution in [0.3, 0.4) is 0 Å². The summed E-state index contributed by atoms with van der Waals surface area (Å²) in [4.78, 5) is 9.41. The molecule has 9 heteroatoms. The Kier molecular flexibility index (Phi) is 4.01. The summed E-state index contributed by atoms with van der Waals surface area (Å²) in [6.45, 7) is 1.99. The molecule has 2 aliphatic rings. The van der Waals surface area contributed by atoms with Crippen LogP contribution >= 0.6 is 11.6 Å². The van der Waals surface area contributed by atoms with Gasteiger partial charge in [0, 0.05) is 5.92 Å². The minimum Gasteiger partial charge on any atom is -0.334 e. The van der Waals surface area contributed by atoms with Crippen LogP contribution in [0.5, 0.6) is 0 Å². The Morgan fingerprint density at radius 1 is 1.12 bits per heavy atom. The number of fused-ring (bicyclic) bond motifs is 1. The Bertz CT molecular complexity index is 922. The third kappa shape index (κ3) is 2.73. The maximum atomic E-state index is 6.62. The van der Waals surface area contributed by atoms with Gasteiger partial charge < -0.3 is 10.6 Å². The van der Waals surface area contributed by atoms with Crippen molar-refractivity contribution in [2.45, 2.75) is 44.1 Å². The first-order chi connectivity index (χ1) is 12.8. The van der Waals surface area contributed by atoms with E-state index in [0.717, 1.165) is 61.3 Å². The molecular formula is C17H21ClN8. The molecule has 0 radical (unpaired) electrons. The molecule has 0 spiro atoms. The number of H-pyrrole nitrogens is 1. The van der Waals surface area contributed by atoms with Gasteiger partial charge in [0.2, 0.25) is 0 Å². The number of rotatable bonds is 4. The van der Waals surface area contributed by atoms with Crippen molar-refractivity contribution >= 4 is 34.1 Å². The predicted octanol–water partition coefficient (Wildman–Crippen LogP) is 3.14. The van der Waals surface area contributed by atoms with Gasteiger partial charge in [0.15, 0.2) is 11.0 Å². The smallest absolute Gasteiger partial charge is 0.160 e. The van der Waals surface area contributed by atoms with Gasteiger partial charge in [-0.3, -0.25) is 5.10 Å². The van der Waals surface area contributed by atoms with E-state index in [2.05, 4.69) is 30.9 Å². The second-order valence-electron chi connectivity index (χ2n) is 7.09. The second kappa shape index (κ2) is 6.51. The molecule has 26 heavy (non-hydrogen) atoms. The zero-order chi connectivity index (χ0) is 17.5. The molecule has 4 heterocycles. The molecule has 8 nitrogen and oxygen atoms in total. The van der Waals surface area contributed by atoms with E-state index >= 15 is 0 Å². The molecule has 0 unspecified atom stereocenters. The monoisotopic (exact) mass is 372 g/mol. The normalized spacial score (nSPS) is 19.0. The summed E-state index contributed by atoms with van der Waals surface area (Å²) in [6.07, 6.45) is 9.13. The van der Waals surface area contributed by atoms with E-state index < -0.39 is 0 Å². The molecule has 0 amide bonds. The summed E-state index contributed by atoms with van der Waals surface area (Å²) >= 11 is 6.62. The zero-order valence-electron chi connectivity index (χ0n) is 14.4. The molecular weight excluding hydrogens is 352 g/mol. The van der Waals surface area contributed by atoms with E-state index in [-0.39, 0.29) is 0 Å². The average Bonchev–Trinajstić information content (AvgIpc) is 3.22. The van der Waals surface area contributed by atoms with Crippen LogP contribution in [0, 0.1) is 0 Å². The molecule has 1 saturated carbocycles. The topological polar surface area (TPSA) is 96.3 Å². The Labute approximate surface area is 155 Å². The van der Waals surface area contributed by atoms with Gasteiger partial charge in [0.25, 0.3) is 0 Å². The first-order valence-corrected chi connectivity index (χ1v) is 9.59. The number of aromatic nitrogens is 6. The van der Waals surface area contributed by atoms with Crippen molar-refractivity contribution in [1.29, 1.82) is 0 Å². The molecule has 3 aromatic heterocycles. The van der Waals surface area contributed by atoms with Gasteiger partial charge in [0.1, 0.15) is 16.9 Å². The Morgan fingerprint density at radius 2 is 1.96 bits per heavy atom. The molecule has 136 valence electrons. The van der Waals surface area contributed by atoms with Crippen LogP contribution in [0.25, 0.3) is 11.0 Å². The number of aromatic amines is 1. The average molecular weight is 373 g/mol. The maximum absolute atomic E-state index is 6.62. The van der Waals surface area contributed by atoms with Crippen molar-refractivity contribution in [1.82, 2.24) is 35.3 Å². The summed E-state index contributed by atoms with van der Waals surface area (Å²) in [5.74, 6) is 2.04. The Hall–Kier alpha value is -2.19. The van der Waals surface area contributed by atoms with Gasteiger partial charge in [-0.1, -0.05) is 18.0 Å². The summed E-state index contributed by atoms with van der Waals surface area (Å²) in [5, 5.41) is 19.0. The highest BCUT2D eigenvalue weighted by Crippen LogP contribution is 2.37. The van der Waals surface area contributed by atoms with Crippen LogP contribution in [0.4, 0.5) is 11.5 Å². The first-order valence-electron chi connectivity index (χ1n) is 9.21. The van der Waals surface area contributed by atoms with Crippen molar-refractivity contribution < 1.29 is 0 Å². The summed E-state index contributed by atoms with van der Waals surface area (Å²) in [6, 6.07) is 0.336. The van der Waals surface area contributed by atoms with E-state index in [9.17, 15) is 0 Å². The number of piperidine rings is 1. The number of hydrogen-bond donors (Lipinski definition) is 3. The SMILES string of the molecule is Clc1c(Nc2nc(C3CCC3)nc3cn[nH]c23)cnn1C1CCNCC1. The van der Waals surface area contributed by atoms with Gasteiger partial charge in [-0.15, -0.1) is 0 Å². The molecule has 1 saturated heterocycles. The van der Waals surface area contributed by atoms with E-state index in [1.165, 1.54) is 6.42 Å². The van der Waals surface area contributed by atoms with Crippen LogP contribution in [0.1, 0.15) is 49.9 Å². The molecule has 0 atom stereocenters. The Morgan fingerprint density at radius 3 is 2.73 bits per heavy atom. The largest absolute Gasteiger partial charge is 0.334 e. The third-order valence-electron chi connectivity index (χ3n) is 5.43. The van der Waals surface area contributed by atoms with Crippen molar-refractivity contribution in [3.05, 3.63) is 23.4 Å². The van der Waals surface area contributed by atoms with Gasteiger partial charge >= 0.3 is 0 Å². The number of anilines is 2. The quantitative estimate of drug-likeness (QED) is 0.651. The lowest BCUT2D eigenvalue weighted by atomic mass is 9.85. The third-order valence-corrected chi connectivity index (χ3v) is 5.81. The molecule has 1 aliphatic carbocycles. The van der Waals surface area contributed by atoms with Crippen LogP contribution in [-0.2, 0) is 0 Å². The maximum Gasteiger partial charge on any atom is 0.160 e. The van der Waals surface area contributed by atoms with Crippen molar-refractivity contribution in [2.75, 3.05) is 18.4 Å². The van der Waals surface area contributed by atoms with Crippen LogP contribution in [0.15, 0.2) is 12.4 Å². The fourth-order valence-electron chi connectivity index (χ4n) is 3.66. The number of halogens is 1. The predicted molar refractivity (Wildman–Crippen MR) is 99.9 cm³/mol. The second-order valence-corrected chi connectivity index (χ2v) is 7.45. The molecule has 0 aromatic carbocycles. The molecule has 3 aromatic rings. The van der Waals surface area contributed by atoms with Gasteiger partial charge in [-0.05, 0) is 38.8 Å². The lowest BCUT2D eigenvalue weighted by Crippen LogP contribution is -2.29. The number of nitrogens with zero attached hydrogens (tertiary/aromatic N) is 5. The highest BCUT2D eigenvalue weighted by atomic mass is 35.5. The first kappa shape index (κ1) is 16.0. The van der Waals surface area contributed by atoms with Gasteiger partial charge in [-0.2, -0.15) is 10.2 Å². The molecule has 2 fully saturated rings. The standard InChI is InChI=1S/C17H21ClN8/c18-15-13(9-21-26(15)11-4-6-19-7-5-11)23-17-14-12(8-20-25-14)22-16(24-17)10-2-1-3-10/h8-11,19H,1-7H2,(H,20,25)(H,22,23,24). The lowest BCUT2D eigenvalue weighted by molar-refractivity contribution is 0.343. The fraction of sp³-hybridized carbons (Fsp3) is 0.529. The lowest BCUT2D eigenvalue weighted by Gasteiger charge is -2.24. The summed E-state index contributed by atoms with van der Waals surface area (Å²) < 4.78 is 1.92. The van der Waals surface area contributed by atoms with Gasteiger partial charge in [-0.25, -0.2) is 14.6 Å². The van der Waals surface area contributed by atoms with Crippen molar-refractivity contribution in [3.63, 3.8) is 0 Å². The minimum absolute atomic E-state index is 0.336. The van der Waals surface area contributed by atoms with Crippen molar-refractivity contribution in [2.24, 2.45) is 0 Å². The van der Waals surface area contributed by atoms with E-state index in [4.69, 9.17) is 16.6 Å². The van der Waals surface area contributed by atoms with E-state index in [1.54, 1.807) is 12.4 Å². The highest BCUT2D eigenvalue weighted by Gasteiger charge is 2.25. The zero-order valence-corrected chi connectivity index (χ0v) is 15.1. The molecule has 3 N–H and O–H groups in total. The van der Waals surface area contributed by atoms with E-state index in [1.807, 2.05) is 4.68 Å². The number of nitrogens with one attached hydrogen (secondary N) is 3. The summed E-state index contributed by atoms with van der Waals surface area (Å²) in [5.41, 5.74) is 2.38. The van der Waals surface area contributed by atoms with Crippen molar-refractivity contribution in [3.8, 4) is 0 Å². The fourth-order valence-corrected chi connectivity index (χ4v) is 3.94. The van der Waals surface area contributed by atoms with Gasteiger partial charge in [0.05, 0.1) is 24.1 Å². The van der Waals surface area contributed by atoms with Crippen LogP contribution < -0.4 is 10.6 Å². The molecule has 0 bridgehead atoms. The molecule has 1 aliphatic heterocycles. The van der Waals surface area contributed by atoms with Crippen LogP contribution in [0.2, 0.25) is 5.15 Å². The molecule has 5 rings (SSSR count). The summed E-state index contributed by atoms with van der Waals surface area (Å²) in [7, 11) is 0. The van der Waals surface area contributed by atoms with E-state index in [0.29, 0.717) is 22.9 Å². The highest BCUT2D eigenvalue weighted by molar-refractivity contribution is 6.32. The Balaban J connectivity index is 1.47.